The molecule has 4 nitrogen and oxygen atoms in total. The fourth-order valence-electron chi connectivity index (χ4n) is 1.93. The second-order valence-electron chi connectivity index (χ2n) is 4.76. The smallest absolute Gasteiger partial charge is 0.330 e. The minimum atomic E-state index is -0.403. The number of carbonyl (C=O) groups excluding carboxylic acids is 2. The van der Waals surface area contributed by atoms with Crippen molar-refractivity contribution >= 4 is 46.4 Å². The largest absolute Gasteiger partial charge is 0.462 e. The molecular formula is C18H18O4S3. The van der Waals surface area contributed by atoms with Crippen LogP contribution in [0.25, 0.3) is 0 Å². The van der Waals surface area contributed by atoms with Crippen molar-refractivity contribution < 1.29 is 19.1 Å². The van der Waals surface area contributed by atoms with Crippen molar-refractivity contribution in [2.45, 2.75) is 22.6 Å². The molecule has 0 unspecified atom stereocenters. The lowest BCUT2D eigenvalue weighted by Gasteiger charge is -2.06. The summed E-state index contributed by atoms with van der Waals surface area (Å²) in [4.78, 5) is 26.9. The van der Waals surface area contributed by atoms with Gasteiger partial charge in [-0.05, 0) is 22.9 Å². The number of carbonyl (C=O) groups is 2. The highest BCUT2D eigenvalue weighted by Gasteiger charge is 2.12. The first-order valence-electron chi connectivity index (χ1n) is 7.53. The van der Waals surface area contributed by atoms with E-state index in [4.69, 9.17) is 9.47 Å². The van der Waals surface area contributed by atoms with E-state index in [1.54, 1.807) is 34.4 Å². The highest BCUT2D eigenvalue weighted by atomic mass is 32.2. The van der Waals surface area contributed by atoms with Crippen LogP contribution < -0.4 is 0 Å². The molecule has 2 aromatic rings. The van der Waals surface area contributed by atoms with Crippen LogP contribution in [0.2, 0.25) is 0 Å². The van der Waals surface area contributed by atoms with Gasteiger partial charge in [-0.3, -0.25) is 0 Å². The predicted octanol–water partition coefficient (Wildman–Crippen LogP) is 4.50. The molecule has 0 aromatic carbocycles. The van der Waals surface area contributed by atoms with E-state index in [0.29, 0.717) is 26.1 Å². The van der Waals surface area contributed by atoms with E-state index in [1.807, 2.05) is 10.8 Å². The highest BCUT2D eigenvalue weighted by molar-refractivity contribution is 7.99. The molecule has 0 bridgehead atoms. The van der Waals surface area contributed by atoms with Crippen LogP contribution in [0.15, 0.2) is 58.0 Å². The van der Waals surface area contributed by atoms with E-state index >= 15 is 0 Å². The van der Waals surface area contributed by atoms with Gasteiger partial charge in [-0.2, -0.15) is 0 Å². The van der Waals surface area contributed by atoms with Crippen LogP contribution >= 0.6 is 34.4 Å². The molecule has 0 atom stereocenters. The summed E-state index contributed by atoms with van der Waals surface area (Å²) in [6.07, 6.45) is 3.69. The van der Waals surface area contributed by atoms with Gasteiger partial charge in [0.15, 0.2) is 0 Å². The maximum atomic E-state index is 11.1. The predicted molar refractivity (Wildman–Crippen MR) is 102 cm³/mol. The third kappa shape index (κ3) is 6.19. The first kappa shape index (κ1) is 19.5. The lowest BCUT2D eigenvalue weighted by molar-refractivity contribution is -0.138. The minimum Gasteiger partial charge on any atom is -0.462 e. The van der Waals surface area contributed by atoms with E-state index in [9.17, 15) is 9.59 Å². The quantitative estimate of drug-likeness (QED) is 0.438. The molecule has 0 saturated heterocycles. The van der Waals surface area contributed by atoms with Crippen LogP contribution in [-0.4, -0.2) is 25.2 Å². The Hall–Kier alpha value is -1.83. The third-order valence-electron chi connectivity index (χ3n) is 3.11. The number of esters is 2. The van der Waals surface area contributed by atoms with Gasteiger partial charge in [-0.1, -0.05) is 24.9 Å². The summed E-state index contributed by atoms with van der Waals surface area (Å²) in [5.41, 5.74) is 0. The second kappa shape index (κ2) is 10.2. The Kier molecular flexibility index (Phi) is 7.97. The summed E-state index contributed by atoms with van der Waals surface area (Å²) < 4.78 is 10.1. The van der Waals surface area contributed by atoms with Gasteiger partial charge in [0.05, 0.1) is 13.2 Å². The second-order valence-corrected chi connectivity index (χ2v) is 7.85. The van der Waals surface area contributed by atoms with Crippen LogP contribution in [0.1, 0.15) is 9.75 Å². The zero-order chi connectivity index (χ0) is 18.1. The summed E-state index contributed by atoms with van der Waals surface area (Å²) in [6, 6.07) is 4.14. The molecule has 7 heteroatoms. The van der Waals surface area contributed by atoms with Gasteiger partial charge in [0.2, 0.25) is 0 Å². The Labute approximate surface area is 159 Å². The van der Waals surface area contributed by atoms with Gasteiger partial charge in [0.25, 0.3) is 0 Å². The average molecular weight is 395 g/mol. The van der Waals surface area contributed by atoms with Crippen molar-refractivity contribution in [2.75, 3.05) is 13.2 Å². The molecule has 0 fully saturated rings. The van der Waals surface area contributed by atoms with E-state index < -0.39 is 11.9 Å². The van der Waals surface area contributed by atoms with Crippen molar-refractivity contribution in [1.29, 1.82) is 0 Å². The maximum Gasteiger partial charge on any atom is 0.330 e. The molecule has 0 aliphatic rings. The summed E-state index contributed by atoms with van der Waals surface area (Å²) >= 11 is 4.98. The van der Waals surface area contributed by atoms with Crippen LogP contribution in [-0.2, 0) is 31.9 Å². The minimum absolute atomic E-state index is 0.340. The van der Waals surface area contributed by atoms with E-state index in [2.05, 4.69) is 25.3 Å². The number of ether oxygens (including phenoxy) is 2. The van der Waals surface area contributed by atoms with Crippen LogP contribution in [0.4, 0.5) is 0 Å². The Morgan fingerprint density at radius 3 is 1.76 bits per heavy atom. The molecule has 0 N–H and O–H groups in total. The molecule has 0 aliphatic heterocycles. The molecular weight excluding hydrogens is 376 g/mol. The van der Waals surface area contributed by atoms with E-state index in [-0.39, 0.29) is 0 Å². The first-order valence-corrected chi connectivity index (χ1v) is 10.1. The Balaban J connectivity index is 1.92. The lowest BCUT2D eigenvalue weighted by atomic mass is 10.3. The molecule has 2 heterocycles. The number of rotatable bonds is 10. The van der Waals surface area contributed by atoms with Gasteiger partial charge in [0.1, 0.15) is 0 Å². The van der Waals surface area contributed by atoms with Crippen LogP contribution in [0, 0.1) is 0 Å². The number of hydrogen-bond acceptors (Lipinski definition) is 7. The van der Waals surface area contributed by atoms with Crippen LogP contribution in [0.5, 0.6) is 0 Å². The van der Waals surface area contributed by atoms with Gasteiger partial charge < -0.3 is 9.47 Å². The standard InChI is InChI=1S/C18H18O4S3/c1-3-17(19)21-9-5-13-15(7-11-23-13)25-16-8-12-24-14(16)6-10-22-18(20)4-2/h3-4,7-8,11-12H,1-2,5-6,9-10H2. The molecule has 0 radical (unpaired) electrons. The molecule has 0 saturated carbocycles. The topological polar surface area (TPSA) is 52.6 Å². The van der Waals surface area contributed by atoms with Crippen molar-refractivity contribution in [3.63, 3.8) is 0 Å². The molecule has 25 heavy (non-hydrogen) atoms. The monoisotopic (exact) mass is 394 g/mol. The fraction of sp³-hybridized carbons (Fsp3) is 0.222. The SMILES string of the molecule is C=CC(=O)OCCc1sccc1Sc1ccsc1CCOC(=O)C=C. The normalized spacial score (nSPS) is 10.2. The fourth-order valence-corrected chi connectivity index (χ4v) is 5.09. The first-order chi connectivity index (χ1) is 12.1. The Morgan fingerprint density at radius 1 is 0.920 bits per heavy atom. The van der Waals surface area contributed by atoms with E-state index in [0.717, 1.165) is 9.79 Å². The Morgan fingerprint density at radius 2 is 1.36 bits per heavy atom. The van der Waals surface area contributed by atoms with Crippen molar-refractivity contribution in [3.8, 4) is 0 Å². The van der Waals surface area contributed by atoms with E-state index in [1.165, 1.54) is 21.9 Å². The van der Waals surface area contributed by atoms with Gasteiger partial charge in [0, 0.05) is 44.5 Å². The summed E-state index contributed by atoms with van der Waals surface area (Å²) in [5, 5.41) is 4.07. The van der Waals surface area contributed by atoms with Crippen LogP contribution in [0.3, 0.4) is 0 Å². The van der Waals surface area contributed by atoms with Crippen molar-refractivity contribution in [1.82, 2.24) is 0 Å². The zero-order valence-corrected chi connectivity index (χ0v) is 16.0. The van der Waals surface area contributed by atoms with Gasteiger partial charge in [-0.25, -0.2) is 9.59 Å². The molecule has 0 aliphatic carbocycles. The molecule has 0 amide bonds. The number of thiophene rings is 2. The summed E-state index contributed by atoms with van der Waals surface area (Å²) in [7, 11) is 0. The van der Waals surface area contributed by atoms with Crippen molar-refractivity contribution in [3.05, 3.63) is 58.0 Å². The average Bonchev–Trinajstić information content (AvgIpc) is 3.25. The molecule has 2 rings (SSSR count). The highest BCUT2D eigenvalue weighted by Crippen LogP contribution is 2.37. The lowest BCUT2D eigenvalue weighted by Crippen LogP contribution is -2.04. The Bertz CT molecular complexity index is 683. The molecule has 2 aromatic heterocycles. The van der Waals surface area contributed by atoms with Gasteiger partial charge in [-0.15, -0.1) is 22.7 Å². The molecule has 132 valence electrons. The van der Waals surface area contributed by atoms with Crippen molar-refractivity contribution in [2.24, 2.45) is 0 Å². The number of hydrogen-bond donors (Lipinski definition) is 0. The maximum absolute atomic E-state index is 11.1. The summed E-state index contributed by atoms with van der Waals surface area (Å²) in [5.74, 6) is -0.806. The third-order valence-corrected chi connectivity index (χ3v) is 6.53. The van der Waals surface area contributed by atoms with Gasteiger partial charge >= 0.3 is 11.9 Å². The summed E-state index contributed by atoms with van der Waals surface area (Å²) in [6.45, 7) is 7.45. The molecule has 0 spiro atoms. The zero-order valence-electron chi connectivity index (χ0n) is 13.6.